The molecular weight excluding hydrogens is 270 g/mol. The predicted octanol–water partition coefficient (Wildman–Crippen LogP) is 2.31. The largest absolute Gasteiger partial charge is 0.477 e. The highest BCUT2D eigenvalue weighted by atomic mass is 19.1. The number of halogens is 2. The fraction of sp³-hybridized carbons (Fsp3) is 0. The Morgan fingerprint density at radius 2 is 1.55 bits per heavy atom. The molecule has 0 spiro atoms. The first-order valence-electron chi connectivity index (χ1n) is 5.45. The number of anilines is 1. The number of rotatable bonds is 3. The van der Waals surface area contributed by atoms with Crippen molar-refractivity contribution in [1.29, 1.82) is 0 Å². The van der Waals surface area contributed by atoms with Gasteiger partial charge in [0.2, 0.25) is 0 Å². The standard InChI is InChI=1S/C13H8F2N2O3/c14-7-3-1-4-8(15)11(7)17-12(18)9-5-2-6-10(16-9)13(19)20/h1-6H,(H,17,18)(H,19,20). The van der Waals surface area contributed by atoms with Crippen molar-refractivity contribution in [2.75, 3.05) is 5.32 Å². The van der Waals surface area contributed by atoms with Crippen LogP contribution in [0.25, 0.3) is 0 Å². The van der Waals surface area contributed by atoms with E-state index in [1.165, 1.54) is 18.2 Å². The van der Waals surface area contributed by atoms with Crippen LogP contribution in [0.3, 0.4) is 0 Å². The van der Waals surface area contributed by atoms with Crippen molar-refractivity contribution >= 4 is 17.6 Å². The van der Waals surface area contributed by atoms with Gasteiger partial charge in [0.25, 0.3) is 5.91 Å². The molecule has 0 saturated heterocycles. The van der Waals surface area contributed by atoms with Crippen LogP contribution in [0.5, 0.6) is 0 Å². The number of amides is 1. The summed E-state index contributed by atoms with van der Waals surface area (Å²) in [6.07, 6.45) is 0. The highest BCUT2D eigenvalue weighted by Gasteiger charge is 2.15. The first-order chi connectivity index (χ1) is 9.49. The molecule has 0 aliphatic heterocycles. The van der Waals surface area contributed by atoms with Crippen molar-refractivity contribution in [3.8, 4) is 0 Å². The molecule has 7 heteroatoms. The maximum Gasteiger partial charge on any atom is 0.354 e. The lowest BCUT2D eigenvalue weighted by Crippen LogP contribution is -2.17. The van der Waals surface area contributed by atoms with E-state index in [9.17, 15) is 18.4 Å². The Morgan fingerprint density at radius 3 is 2.15 bits per heavy atom. The highest BCUT2D eigenvalue weighted by Crippen LogP contribution is 2.18. The van der Waals surface area contributed by atoms with Crippen molar-refractivity contribution in [3.05, 3.63) is 59.4 Å². The number of aromatic nitrogens is 1. The van der Waals surface area contributed by atoms with Crippen molar-refractivity contribution in [2.45, 2.75) is 0 Å². The average Bonchev–Trinajstić information content (AvgIpc) is 2.43. The Balaban J connectivity index is 2.29. The Hall–Kier alpha value is -2.83. The molecule has 1 aromatic heterocycles. The van der Waals surface area contributed by atoms with Crippen LogP contribution >= 0.6 is 0 Å². The van der Waals surface area contributed by atoms with Gasteiger partial charge in [-0.1, -0.05) is 12.1 Å². The maximum absolute atomic E-state index is 13.4. The molecule has 0 fully saturated rings. The van der Waals surface area contributed by atoms with Crippen LogP contribution < -0.4 is 5.32 Å². The number of aromatic carboxylic acids is 1. The van der Waals surface area contributed by atoms with E-state index in [0.717, 1.165) is 18.2 Å². The molecule has 0 atom stereocenters. The van der Waals surface area contributed by atoms with Gasteiger partial charge in [-0.15, -0.1) is 0 Å². The Kier molecular flexibility index (Phi) is 3.69. The van der Waals surface area contributed by atoms with Crippen LogP contribution in [0, 0.1) is 11.6 Å². The van der Waals surface area contributed by atoms with E-state index >= 15 is 0 Å². The van der Waals surface area contributed by atoms with E-state index in [1.54, 1.807) is 0 Å². The van der Waals surface area contributed by atoms with Gasteiger partial charge >= 0.3 is 5.97 Å². The molecule has 2 N–H and O–H groups in total. The van der Waals surface area contributed by atoms with Gasteiger partial charge in [0.05, 0.1) is 0 Å². The van der Waals surface area contributed by atoms with E-state index in [4.69, 9.17) is 5.11 Å². The Labute approximate surface area is 111 Å². The number of hydrogen-bond acceptors (Lipinski definition) is 3. The van der Waals surface area contributed by atoms with Crippen molar-refractivity contribution < 1.29 is 23.5 Å². The van der Waals surface area contributed by atoms with E-state index < -0.39 is 29.2 Å². The van der Waals surface area contributed by atoms with E-state index in [2.05, 4.69) is 4.98 Å². The molecule has 1 heterocycles. The molecular formula is C13H8F2N2O3. The SMILES string of the molecule is O=C(O)c1cccc(C(=O)Nc2c(F)cccc2F)n1. The predicted molar refractivity (Wildman–Crippen MR) is 65.5 cm³/mol. The van der Waals surface area contributed by atoms with Gasteiger partial charge in [0.1, 0.15) is 28.7 Å². The zero-order valence-corrected chi connectivity index (χ0v) is 9.93. The summed E-state index contributed by atoms with van der Waals surface area (Å²) in [4.78, 5) is 26.1. The summed E-state index contributed by atoms with van der Waals surface area (Å²) >= 11 is 0. The van der Waals surface area contributed by atoms with Crippen molar-refractivity contribution in [3.63, 3.8) is 0 Å². The van der Waals surface area contributed by atoms with Crippen LogP contribution in [-0.2, 0) is 0 Å². The van der Waals surface area contributed by atoms with Crippen LogP contribution in [0.15, 0.2) is 36.4 Å². The molecule has 0 radical (unpaired) electrons. The van der Waals surface area contributed by atoms with Crippen LogP contribution in [0.1, 0.15) is 21.0 Å². The zero-order valence-electron chi connectivity index (χ0n) is 9.93. The fourth-order valence-corrected chi connectivity index (χ4v) is 1.48. The second-order valence-corrected chi connectivity index (χ2v) is 3.76. The first kappa shape index (κ1) is 13.6. The molecule has 0 bridgehead atoms. The summed E-state index contributed by atoms with van der Waals surface area (Å²) in [6.45, 7) is 0. The number of nitrogens with one attached hydrogen (secondary N) is 1. The van der Waals surface area contributed by atoms with Gasteiger partial charge in [0, 0.05) is 0 Å². The molecule has 0 saturated carbocycles. The third-order valence-corrected chi connectivity index (χ3v) is 2.40. The summed E-state index contributed by atoms with van der Waals surface area (Å²) in [6, 6.07) is 6.87. The first-order valence-corrected chi connectivity index (χ1v) is 5.45. The van der Waals surface area contributed by atoms with E-state index in [0.29, 0.717) is 0 Å². The van der Waals surface area contributed by atoms with Crippen molar-refractivity contribution in [2.24, 2.45) is 0 Å². The fourth-order valence-electron chi connectivity index (χ4n) is 1.48. The number of para-hydroxylation sites is 1. The van der Waals surface area contributed by atoms with Crippen LogP contribution in [0.4, 0.5) is 14.5 Å². The molecule has 2 aromatic rings. The summed E-state index contributed by atoms with van der Waals surface area (Å²) in [7, 11) is 0. The number of nitrogens with zero attached hydrogens (tertiary/aromatic N) is 1. The molecule has 1 amide bonds. The third-order valence-electron chi connectivity index (χ3n) is 2.40. The normalized spacial score (nSPS) is 10.1. The summed E-state index contributed by atoms with van der Waals surface area (Å²) in [5.74, 6) is -4.09. The van der Waals surface area contributed by atoms with Gasteiger partial charge < -0.3 is 10.4 Å². The van der Waals surface area contributed by atoms with Gasteiger partial charge in [-0.25, -0.2) is 18.6 Å². The lowest BCUT2D eigenvalue weighted by Gasteiger charge is -2.07. The number of carbonyl (C=O) groups is 2. The van der Waals surface area contributed by atoms with E-state index in [-0.39, 0.29) is 11.4 Å². The zero-order chi connectivity index (χ0) is 14.7. The van der Waals surface area contributed by atoms with Gasteiger partial charge in [-0.3, -0.25) is 4.79 Å². The molecule has 5 nitrogen and oxygen atoms in total. The van der Waals surface area contributed by atoms with Gasteiger partial charge in [0.15, 0.2) is 0 Å². The second kappa shape index (κ2) is 5.43. The molecule has 0 aliphatic carbocycles. The second-order valence-electron chi connectivity index (χ2n) is 3.76. The molecule has 2 rings (SSSR count). The number of carbonyl (C=O) groups excluding carboxylic acids is 1. The molecule has 102 valence electrons. The lowest BCUT2D eigenvalue weighted by atomic mass is 10.2. The van der Waals surface area contributed by atoms with Crippen molar-refractivity contribution in [1.82, 2.24) is 4.98 Å². The van der Waals surface area contributed by atoms with Gasteiger partial charge in [-0.05, 0) is 24.3 Å². The maximum atomic E-state index is 13.4. The minimum Gasteiger partial charge on any atom is -0.477 e. The van der Waals surface area contributed by atoms with Crippen LogP contribution in [0.2, 0.25) is 0 Å². The quantitative estimate of drug-likeness (QED) is 0.903. The average molecular weight is 278 g/mol. The number of carboxylic acid groups (broad SMARTS) is 1. The number of benzene rings is 1. The van der Waals surface area contributed by atoms with E-state index in [1.807, 2.05) is 5.32 Å². The lowest BCUT2D eigenvalue weighted by molar-refractivity contribution is 0.0690. The summed E-state index contributed by atoms with van der Waals surface area (Å²) in [5.41, 5.74) is -1.21. The summed E-state index contributed by atoms with van der Waals surface area (Å²) < 4.78 is 26.7. The monoisotopic (exact) mass is 278 g/mol. The number of pyridine rings is 1. The minimum atomic E-state index is -1.31. The minimum absolute atomic E-state index is 0.257. The number of hydrogen-bond donors (Lipinski definition) is 2. The molecule has 0 aliphatic rings. The summed E-state index contributed by atoms with van der Waals surface area (Å²) in [5, 5.41) is 10.8. The third kappa shape index (κ3) is 2.77. The molecule has 20 heavy (non-hydrogen) atoms. The van der Waals surface area contributed by atoms with Crippen LogP contribution in [-0.4, -0.2) is 22.0 Å². The Morgan fingerprint density at radius 1 is 1.00 bits per heavy atom. The van der Waals surface area contributed by atoms with Gasteiger partial charge in [-0.2, -0.15) is 0 Å². The highest BCUT2D eigenvalue weighted by molar-refractivity contribution is 6.03. The smallest absolute Gasteiger partial charge is 0.354 e. The Bertz CT molecular complexity index is 669. The molecule has 0 unspecified atom stereocenters. The molecule has 1 aromatic carbocycles. The topological polar surface area (TPSA) is 79.3 Å². The number of carboxylic acids is 1.